The van der Waals surface area contributed by atoms with Gasteiger partial charge in [0.15, 0.2) is 5.82 Å². The molecule has 0 saturated carbocycles. The molecular formula is C20H20FN5O3. The number of rotatable bonds is 5. The van der Waals surface area contributed by atoms with E-state index in [4.69, 9.17) is 9.26 Å². The quantitative estimate of drug-likeness (QED) is 0.653. The number of carbonyl (C=O) groups is 1. The van der Waals surface area contributed by atoms with Crippen LogP contribution in [-0.4, -0.2) is 50.6 Å². The molecule has 150 valence electrons. The number of aryl methyl sites for hydroxylation is 2. The SMILES string of the molecule is Cc1noc(CCC(=O)N2CCOC(c3nccnc3-c3cccc(F)c3)C2)n1. The monoisotopic (exact) mass is 397 g/mol. The first-order chi connectivity index (χ1) is 14.1. The Balaban J connectivity index is 1.48. The van der Waals surface area contributed by atoms with Gasteiger partial charge in [0.1, 0.15) is 11.9 Å². The number of aromatic nitrogens is 4. The summed E-state index contributed by atoms with van der Waals surface area (Å²) in [5.41, 5.74) is 1.75. The van der Waals surface area contributed by atoms with Crippen molar-refractivity contribution in [3.8, 4) is 11.3 Å². The van der Waals surface area contributed by atoms with E-state index in [0.29, 0.717) is 54.8 Å². The summed E-state index contributed by atoms with van der Waals surface area (Å²) in [6, 6.07) is 6.18. The predicted molar refractivity (Wildman–Crippen MR) is 100 cm³/mol. The van der Waals surface area contributed by atoms with Gasteiger partial charge in [0.05, 0.1) is 24.5 Å². The van der Waals surface area contributed by atoms with Crippen LogP contribution < -0.4 is 0 Å². The molecule has 1 saturated heterocycles. The Morgan fingerprint density at radius 1 is 1.31 bits per heavy atom. The highest BCUT2D eigenvalue weighted by Crippen LogP contribution is 2.29. The summed E-state index contributed by atoms with van der Waals surface area (Å²) in [7, 11) is 0. The van der Waals surface area contributed by atoms with E-state index in [2.05, 4.69) is 20.1 Å². The van der Waals surface area contributed by atoms with Crippen LogP contribution in [-0.2, 0) is 16.0 Å². The number of halogens is 1. The minimum atomic E-state index is -0.440. The highest BCUT2D eigenvalue weighted by atomic mass is 19.1. The summed E-state index contributed by atoms with van der Waals surface area (Å²) in [5.74, 6) is 0.622. The van der Waals surface area contributed by atoms with E-state index < -0.39 is 6.10 Å². The number of amides is 1. The third-order valence-electron chi connectivity index (χ3n) is 4.67. The van der Waals surface area contributed by atoms with Crippen molar-refractivity contribution in [2.24, 2.45) is 0 Å². The van der Waals surface area contributed by atoms with Crippen molar-refractivity contribution in [3.63, 3.8) is 0 Å². The second kappa shape index (κ2) is 8.44. The lowest BCUT2D eigenvalue weighted by Crippen LogP contribution is -2.42. The van der Waals surface area contributed by atoms with Crippen LogP contribution in [0.4, 0.5) is 4.39 Å². The Bertz CT molecular complexity index is 1010. The van der Waals surface area contributed by atoms with Gasteiger partial charge in [-0.05, 0) is 19.1 Å². The molecule has 0 spiro atoms. The zero-order valence-electron chi connectivity index (χ0n) is 15.9. The molecule has 1 aromatic carbocycles. The second-order valence-electron chi connectivity index (χ2n) is 6.74. The van der Waals surface area contributed by atoms with Gasteiger partial charge in [-0.15, -0.1) is 0 Å². The first-order valence-electron chi connectivity index (χ1n) is 9.35. The molecule has 1 aliphatic rings. The second-order valence-corrected chi connectivity index (χ2v) is 6.74. The van der Waals surface area contributed by atoms with Crippen molar-refractivity contribution in [1.82, 2.24) is 25.0 Å². The molecule has 1 atom stereocenters. The average Bonchev–Trinajstić information content (AvgIpc) is 3.17. The summed E-state index contributed by atoms with van der Waals surface area (Å²) in [6.45, 7) is 2.96. The van der Waals surface area contributed by atoms with Crippen LogP contribution in [0.3, 0.4) is 0 Å². The molecule has 3 heterocycles. The van der Waals surface area contributed by atoms with Gasteiger partial charge >= 0.3 is 0 Å². The number of ether oxygens (including phenoxy) is 1. The van der Waals surface area contributed by atoms with Crippen molar-refractivity contribution >= 4 is 5.91 Å². The molecule has 4 rings (SSSR count). The number of hydrogen-bond acceptors (Lipinski definition) is 7. The molecule has 1 amide bonds. The normalized spacial score (nSPS) is 16.8. The van der Waals surface area contributed by atoms with Crippen molar-refractivity contribution in [3.05, 3.63) is 59.9 Å². The van der Waals surface area contributed by atoms with Crippen molar-refractivity contribution in [1.29, 1.82) is 0 Å². The zero-order valence-corrected chi connectivity index (χ0v) is 15.9. The molecule has 8 nitrogen and oxygen atoms in total. The van der Waals surface area contributed by atoms with Gasteiger partial charge in [-0.25, -0.2) is 4.39 Å². The molecule has 1 unspecified atom stereocenters. The van der Waals surface area contributed by atoms with Gasteiger partial charge in [-0.3, -0.25) is 14.8 Å². The fourth-order valence-electron chi connectivity index (χ4n) is 3.30. The van der Waals surface area contributed by atoms with Gasteiger partial charge in [0.2, 0.25) is 11.8 Å². The number of morpholine rings is 1. The van der Waals surface area contributed by atoms with Crippen LogP contribution >= 0.6 is 0 Å². The standard InChI is InChI=1S/C20H20FN5O3/c1-13-24-17(29-25-13)5-6-18(27)26-9-10-28-16(12-26)20-19(22-7-8-23-20)14-3-2-4-15(21)11-14/h2-4,7-8,11,16H,5-6,9-10,12H2,1H3. The van der Waals surface area contributed by atoms with Crippen LogP contribution in [0.2, 0.25) is 0 Å². The Hall–Kier alpha value is -3.20. The average molecular weight is 397 g/mol. The summed E-state index contributed by atoms with van der Waals surface area (Å²) in [6.07, 6.45) is 3.35. The summed E-state index contributed by atoms with van der Waals surface area (Å²) >= 11 is 0. The van der Waals surface area contributed by atoms with Gasteiger partial charge in [-0.2, -0.15) is 4.98 Å². The Morgan fingerprint density at radius 2 is 2.17 bits per heavy atom. The minimum Gasteiger partial charge on any atom is -0.368 e. The summed E-state index contributed by atoms with van der Waals surface area (Å²) in [5, 5.41) is 3.73. The maximum Gasteiger partial charge on any atom is 0.227 e. The summed E-state index contributed by atoms with van der Waals surface area (Å²) in [4.78, 5) is 27.3. The smallest absolute Gasteiger partial charge is 0.227 e. The largest absolute Gasteiger partial charge is 0.368 e. The molecule has 0 radical (unpaired) electrons. The number of hydrogen-bond donors (Lipinski definition) is 0. The van der Waals surface area contributed by atoms with E-state index in [0.717, 1.165) is 0 Å². The van der Waals surface area contributed by atoms with E-state index in [1.54, 1.807) is 36.4 Å². The highest BCUT2D eigenvalue weighted by molar-refractivity contribution is 5.76. The fraction of sp³-hybridized carbons (Fsp3) is 0.350. The van der Waals surface area contributed by atoms with Crippen LogP contribution in [0.15, 0.2) is 41.2 Å². The maximum absolute atomic E-state index is 13.7. The molecule has 0 bridgehead atoms. The topological polar surface area (TPSA) is 94.2 Å². The molecule has 1 fully saturated rings. The lowest BCUT2D eigenvalue weighted by atomic mass is 10.0. The lowest BCUT2D eigenvalue weighted by molar-refractivity contribution is -0.139. The number of carbonyl (C=O) groups excluding carboxylic acids is 1. The zero-order chi connectivity index (χ0) is 20.2. The Labute approximate surface area is 166 Å². The highest BCUT2D eigenvalue weighted by Gasteiger charge is 2.28. The number of nitrogens with zero attached hydrogens (tertiary/aromatic N) is 5. The molecular weight excluding hydrogens is 377 g/mol. The molecule has 0 aliphatic carbocycles. The third-order valence-corrected chi connectivity index (χ3v) is 4.67. The van der Waals surface area contributed by atoms with Gasteiger partial charge in [-0.1, -0.05) is 17.3 Å². The minimum absolute atomic E-state index is 0.0228. The van der Waals surface area contributed by atoms with Gasteiger partial charge < -0.3 is 14.2 Å². The molecule has 3 aromatic rings. The van der Waals surface area contributed by atoms with Crippen LogP contribution in [0, 0.1) is 12.7 Å². The maximum atomic E-state index is 13.7. The van der Waals surface area contributed by atoms with E-state index in [-0.39, 0.29) is 18.1 Å². The lowest BCUT2D eigenvalue weighted by Gasteiger charge is -2.33. The van der Waals surface area contributed by atoms with Crippen LogP contribution in [0.5, 0.6) is 0 Å². The number of benzene rings is 1. The molecule has 9 heteroatoms. The van der Waals surface area contributed by atoms with E-state index in [1.807, 2.05) is 0 Å². The Kier molecular flexibility index (Phi) is 5.57. The first-order valence-corrected chi connectivity index (χ1v) is 9.35. The summed E-state index contributed by atoms with van der Waals surface area (Å²) < 4.78 is 24.6. The Morgan fingerprint density at radius 3 is 2.97 bits per heavy atom. The molecule has 29 heavy (non-hydrogen) atoms. The van der Waals surface area contributed by atoms with Crippen molar-refractivity contribution in [2.45, 2.75) is 25.9 Å². The third kappa shape index (κ3) is 4.45. The molecule has 2 aromatic heterocycles. The van der Waals surface area contributed by atoms with E-state index in [9.17, 15) is 9.18 Å². The van der Waals surface area contributed by atoms with Crippen LogP contribution in [0.1, 0.15) is 29.9 Å². The molecule has 1 aliphatic heterocycles. The van der Waals surface area contributed by atoms with E-state index >= 15 is 0 Å². The molecule has 0 N–H and O–H groups in total. The van der Waals surface area contributed by atoms with Crippen LogP contribution in [0.25, 0.3) is 11.3 Å². The van der Waals surface area contributed by atoms with E-state index in [1.165, 1.54) is 12.1 Å². The fourth-order valence-corrected chi connectivity index (χ4v) is 3.30. The van der Waals surface area contributed by atoms with Crippen molar-refractivity contribution < 1.29 is 18.4 Å². The van der Waals surface area contributed by atoms with Crippen molar-refractivity contribution in [2.75, 3.05) is 19.7 Å². The predicted octanol–water partition coefficient (Wildman–Crippen LogP) is 2.51. The van der Waals surface area contributed by atoms with Gasteiger partial charge in [0, 0.05) is 37.3 Å². The van der Waals surface area contributed by atoms with Gasteiger partial charge in [0.25, 0.3) is 0 Å². The first kappa shape index (κ1) is 19.1.